The molecule has 0 saturated heterocycles. The molecule has 0 fully saturated rings. The van der Waals surface area contributed by atoms with Gasteiger partial charge in [0, 0.05) is 19.5 Å². The van der Waals surface area contributed by atoms with Crippen LogP contribution in [0.25, 0.3) is 0 Å². The zero-order valence-corrected chi connectivity index (χ0v) is 12.5. The molecule has 1 rings (SSSR count). The Bertz CT molecular complexity index is 277. The topological polar surface area (TPSA) is 60.2 Å². The quantitative estimate of drug-likeness (QED) is 0.321. The molecule has 19 heavy (non-hydrogen) atoms. The number of ether oxygens (including phenoxy) is 1. The predicted octanol–water partition coefficient (Wildman–Crippen LogP) is 3.48. The molecule has 1 heterocycles. The molecule has 0 aromatic heterocycles. The average Bonchev–Trinajstić information content (AvgIpc) is 2.41. The first kappa shape index (κ1) is 17.8. The van der Waals surface area contributed by atoms with Crippen molar-refractivity contribution in [3.05, 3.63) is 11.6 Å². The highest BCUT2D eigenvalue weighted by atomic mass is 16.5. The van der Waals surface area contributed by atoms with E-state index in [1.54, 1.807) is 0 Å². The standard InChI is InChI=1S/C14H26N2O.CH3N/c1-3-4-5-6-10-17-14(15)11-13-8-7-9-16(2)12-13;1-2/h8,15H,3-7,9-12H2,1-2H3;2H,1H2. The fraction of sp³-hybridized carbons (Fsp3) is 0.733. The van der Waals surface area contributed by atoms with Crippen LogP contribution in [0.1, 0.15) is 45.4 Å². The fourth-order valence-electron chi connectivity index (χ4n) is 2.09. The van der Waals surface area contributed by atoms with Crippen LogP contribution in [0.4, 0.5) is 0 Å². The molecule has 0 unspecified atom stereocenters. The van der Waals surface area contributed by atoms with E-state index in [1.165, 1.54) is 24.8 Å². The third-order valence-electron chi connectivity index (χ3n) is 3.08. The Morgan fingerprint density at radius 3 is 2.74 bits per heavy atom. The fourth-order valence-corrected chi connectivity index (χ4v) is 2.09. The maximum Gasteiger partial charge on any atom is 0.184 e. The third-order valence-corrected chi connectivity index (χ3v) is 3.08. The number of rotatable bonds is 7. The Kier molecular flexibility index (Phi) is 11.2. The highest BCUT2D eigenvalue weighted by Crippen LogP contribution is 2.12. The van der Waals surface area contributed by atoms with Crippen molar-refractivity contribution in [3.8, 4) is 0 Å². The Hall–Kier alpha value is -1.16. The van der Waals surface area contributed by atoms with Gasteiger partial charge >= 0.3 is 0 Å². The molecule has 110 valence electrons. The maximum absolute atomic E-state index is 7.79. The van der Waals surface area contributed by atoms with Crippen molar-refractivity contribution in [2.24, 2.45) is 0 Å². The summed E-state index contributed by atoms with van der Waals surface area (Å²) >= 11 is 0. The van der Waals surface area contributed by atoms with Crippen LogP contribution < -0.4 is 0 Å². The van der Waals surface area contributed by atoms with Gasteiger partial charge in [-0.25, -0.2) is 0 Å². The van der Waals surface area contributed by atoms with Gasteiger partial charge in [-0.3, -0.25) is 5.41 Å². The van der Waals surface area contributed by atoms with E-state index in [-0.39, 0.29) is 0 Å². The van der Waals surface area contributed by atoms with E-state index >= 15 is 0 Å². The minimum Gasteiger partial charge on any atom is -0.481 e. The van der Waals surface area contributed by atoms with Crippen LogP contribution in [0.3, 0.4) is 0 Å². The van der Waals surface area contributed by atoms with Gasteiger partial charge in [-0.05, 0) is 26.6 Å². The summed E-state index contributed by atoms with van der Waals surface area (Å²) in [6.07, 6.45) is 8.87. The molecule has 0 atom stereocenters. The van der Waals surface area contributed by atoms with Gasteiger partial charge in [-0.2, -0.15) is 0 Å². The Morgan fingerprint density at radius 2 is 2.11 bits per heavy atom. The largest absolute Gasteiger partial charge is 0.481 e. The van der Waals surface area contributed by atoms with Gasteiger partial charge in [0.15, 0.2) is 5.90 Å². The predicted molar refractivity (Wildman–Crippen MR) is 82.5 cm³/mol. The first-order valence-corrected chi connectivity index (χ1v) is 7.14. The van der Waals surface area contributed by atoms with Crippen molar-refractivity contribution in [2.75, 3.05) is 26.7 Å². The first-order valence-electron chi connectivity index (χ1n) is 7.14. The van der Waals surface area contributed by atoms with Crippen molar-refractivity contribution in [2.45, 2.75) is 45.4 Å². The molecule has 0 saturated carbocycles. The number of hydrogen-bond acceptors (Lipinski definition) is 4. The lowest BCUT2D eigenvalue weighted by molar-refractivity contribution is 0.281. The van der Waals surface area contributed by atoms with E-state index in [4.69, 9.17) is 15.6 Å². The molecule has 0 aliphatic carbocycles. The molecule has 4 heteroatoms. The Labute approximate surface area is 117 Å². The number of unbranched alkanes of at least 4 members (excludes halogenated alkanes) is 3. The van der Waals surface area contributed by atoms with Gasteiger partial charge in [0.05, 0.1) is 6.61 Å². The molecule has 0 radical (unpaired) electrons. The van der Waals surface area contributed by atoms with Crippen LogP contribution in [-0.2, 0) is 4.74 Å². The number of likely N-dealkylation sites (N-methyl/N-ethyl adjacent to an activating group) is 1. The molecular formula is C15H29N3O. The van der Waals surface area contributed by atoms with Crippen molar-refractivity contribution >= 4 is 12.6 Å². The van der Waals surface area contributed by atoms with E-state index in [9.17, 15) is 0 Å². The Morgan fingerprint density at radius 1 is 1.37 bits per heavy atom. The minimum atomic E-state index is 0.433. The van der Waals surface area contributed by atoms with Crippen molar-refractivity contribution in [1.82, 2.24) is 4.90 Å². The normalized spacial score (nSPS) is 15.2. The summed E-state index contributed by atoms with van der Waals surface area (Å²) in [5.41, 5.74) is 1.33. The summed E-state index contributed by atoms with van der Waals surface area (Å²) in [6.45, 7) is 7.53. The highest BCUT2D eigenvalue weighted by molar-refractivity contribution is 5.75. The molecule has 0 bridgehead atoms. The average molecular weight is 267 g/mol. The molecule has 0 amide bonds. The second-order valence-electron chi connectivity index (χ2n) is 4.90. The lowest BCUT2D eigenvalue weighted by Gasteiger charge is -2.23. The van der Waals surface area contributed by atoms with Gasteiger partial charge in [-0.1, -0.05) is 37.8 Å². The van der Waals surface area contributed by atoms with Crippen molar-refractivity contribution in [3.63, 3.8) is 0 Å². The summed E-state index contributed by atoms with van der Waals surface area (Å²) in [6, 6.07) is 0. The summed E-state index contributed by atoms with van der Waals surface area (Å²) in [7, 11) is 2.13. The van der Waals surface area contributed by atoms with Gasteiger partial charge in [0.1, 0.15) is 0 Å². The van der Waals surface area contributed by atoms with Crippen LogP contribution >= 0.6 is 0 Å². The van der Waals surface area contributed by atoms with E-state index in [0.717, 1.165) is 25.9 Å². The monoisotopic (exact) mass is 267 g/mol. The zero-order chi connectivity index (χ0) is 14.5. The lowest BCUT2D eigenvalue weighted by Crippen LogP contribution is -2.26. The molecule has 0 aromatic carbocycles. The molecule has 2 N–H and O–H groups in total. The van der Waals surface area contributed by atoms with Gasteiger partial charge in [-0.15, -0.1) is 0 Å². The SMILES string of the molecule is C=N.CCCCCCOC(=N)CC1=CCCN(C)C1. The summed E-state index contributed by atoms with van der Waals surface area (Å²) < 4.78 is 5.45. The van der Waals surface area contributed by atoms with E-state index in [2.05, 4.69) is 31.7 Å². The maximum atomic E-state index is 7.79. The van der Waals surface area contributed by atoms with E-state index < -0.39 is 0 Å². The van der Waals surface area contributed by atoms with Crippen molar-refractivity contribution < 1.29 is 4.74 Å². The number of nitrogens with zero attached hydrogens (tertiary/aromatic N) is 1. The molecule has 1 aliphatic rings. The van der Waals surface area contributed by atoms with Crippen molar-refractivity contribution in [1.29, 1.82) is 10.8 Å². The van der Waals surface area contributed by atoms with Crippen LogP contribution in [0.5, 0.6) is 0 Å². The van der Waals surface area contributed by atoms with Crippen LogP contribution in [-0.4, -0.2) is 44.3 Å². The van der Waals surface area contributed by atoms with Crippen LogP contribution in [0.15, 0.2) is 11.6 Å². The summed E-state index contributed by atoms with van der Waals surface area (Å²) in [5.74, 6) is 0.433. The van der Waals surface area contributed by atoms with Gasteiger partial charge < -0.3 is 15.0 Å². The minimum absolute atomic E-state index is 0.433. The van der Waals surface area contributed by atoms with Gasteiger partial charge in [0.25, 0.3) is 0 Å². The second kappa shape index (κ2) is 11.9. The molecular weight excluding hydrogens is 238 g/mol. The zero-order valence-electron chi connectivity index (χ0n) is 12.5. The summed E-state index contributed by atoms with van der Waals surface area (Å²) in [5, 5.41) is 13.3. The molecule has 0 spiro atoms. The highest BCUT2D eigenvalue weighted by Gasteiger charge is 2.10. The number of hydrogen-bond donors (Lipinski definition) is 2. The van der Waals surface area contributed by atoms with Crippen LogP contribution in [0.2, 0.25) is 0 Å². The Balaban J connectivity index is 0.00000154. The van der Waals surface area contributed by atoms with E-state index in [1.807, 2.05) is 0 Å². The third kappa shape index (κ3) is 9.42. The smallest absolute Gasteiger partial charge is 0.184 e. The molecule has 0 aromatic rings. The van der Waals surface area contributed by atoms with Crippen LogP contribution in [0, 0.1) is 10.8 Å². The summed E-state index contributed by atoms with van der Waals surface area (Å²) in [4.78, 5) is 2.30. The number of nitrogens with one attached hydrogen (secondary N) is 2. The lowest BCUT2D eigenvalue weighted by atomic mass is 10.1. The van der Waals surface area contributed by atoms with E-state index in [0.29, 0.717) is 18.9 Å². The first-order chi connectivity index (χ1) is 9.22. The molecule has 4 nitrogen and oxygen atoms in total. The van der Waals surface area contributed by atoms with Gasteiger partial charge in [0.2, 0.25) is 0 Å². The molecule has 1 aliphatic heterocycles. The second-order valence-corrected chi connectivity index (χ2v) is 4.90.